The van der Waals surface area contributed by atoms with Crippen LogP contribution in [0.2, 0.25) is 0 Å². The van der Waals surface area contributed by atoms with Gasteiger partial charge in [-0.3, -0.25) is 4.79 Å². The van der Waals surface area contributed by atoms with E-state index in [2.05, 4.69) is 5.32 Å². The Hall–Kier alpha value is -1.33. The Kier molecular flexibility index (Phi) is 13.8. The van der Waals surface area contributed by atoms with Crippen LogP contribution in [0.25, 0.3) is 0 Å². The van der Waals surface area contributed by atoms with E-state index in [0.29, 0.717) is 0 Å². The molecule has 4 saturated heterocycles. The summed E-state index contributed by atoms with van der Waals surface area (Å²) < 4.78 is 38.7. The molecule has 0 radical (unpaired) electrons. The monoisotopic (exact) mass is 707 g/mol. The predicted molar refractivity (Wildman–Crippen MR) is 145 cm³/mol. The fourth-order valence-electron chi connectivity index (χ4n) is 5.94. The van der Waals surface area contributed by atoms with Crippen LogP contribution in [0, 0.1) is 0 Å². The molecule has 0 bridgehead atoms. The van der Waals surface area contributed by atoms with E-state index in [1.165, 1.54) is 0 Å². The highest BCUT2D eigenvalue weighted by Gasteiger charge is 2.55. The van der Waals surface area contributed by atoms with Crippen molar-refractivity contribution >= 4 is 5.91 Å². The van der Waals surface area contributed by atoms with E-state index in [0.717, 1.165) is 6.92 Å². The van der Waals surface area contributed by atoms with Crippen molar-refractivity contribution in [1.82, 2.24) is 5.32 Å². The second kappa shape index (κ2) is 16.8. The molecule has 0 aliphatic carbocycles. The number of aliphatic hydroxyl groups is 13. The maximum atomic E-state index is 12.3. The minimum atomic E-state index is -2.04. The third-order valence-corrected chi connectivity index (χ3v) is 8.61. The molecule has 48 heavy (non-hydrogen) atoms. The van der Waals surface area contributed by atoms with Crippen LogP contribution >= 0.6 is 0 Å². The Bertz CT molecular complexity index is 1030. The lowest BCUT2D eigenvalue weighted by atomic mass is 9.94. The van der Waals surface area contributed by atoms with E-state index < -0.39 is 155 Å². The first-order chi connectivity index (χ1) is 22.7. The summed E-state index contributed by atoms with van der Waals surface area (Å²) in [4.78, 5) is 12.3. The van der Waals surface area contributed by atoms with Gasteiger partial charge >= 0.3 is 0 Å². The van der Waals surface area contributed by atoms with Crippen LogP contribution in [-0.4, -0.2) is 221 Å². The maximum absolute atomic E-state index is 12.3. The molecule has 4 aliphatic rings. The van der Waals surface area contributed by atoms with Crippen LogP contribution < -0.4 is 5.32 Å². The lowest BCUT2D eigenvalue weighted by molar-refractivity contribution is -0.379. The number of hydrogen-bond donors (Lipinski definition) is 14. The van der Waals surface area contributed by atoms with Gasteiger partial charge < -0.3 is 105 Å². The van der Waals surface area contributed by atoms with Gasteiger partial charge in [0.05, 0.1) is 26.4 Å². The minimum Gasteiger partial charge on any atom is -0.394 e. The molecule has 4 aliphatic heterocycles. The summed E-state index contributed by atoms with van der Waals surface area (Å²) in [7, 11) is 0. The summed E-state index contributed by atoms with van der Waals surface area (Å²) in [5.74, 6) is -0.765. The van der Waals surface area contributed by atoms with Crippen LogP contribution in [0.1, 0.15) is 6.92 Å². The summed E-state index contributed by atoms with van der Waals surface area (Å²) in [6, 6.07) is -1.61. The van der Waals surface area contributed by atoms with Crippen LogP contribution in [0.15, 0.2) is 0 Å². The van der Waals surface area contributed by atoms with Crippen molar-refractivity contribution in [3.05, 3.63) is 0 Å². The normalized spacial score (nSPS) is 50.2. The topological polar surface area (TPSA) is 357 Å². The van der Waals surface area contributed by atoms with Gasteiger partial charge in [0, 0.05) is 6.92 Å². The standard InChI is InChI=1S/C26H45NO21/c1-6(32)27-11-21(47-25-18(39)15(36)12(33)7(2-28)44-25)13(34)8(3-29)43-24(11)48-22-14(35)9(4-30)45-26(19(22)40)46-20-10(5-31)42-23(41)17(38)16(20)37/h7-26,28-31,33-41H,2-5H2,1H3,(H,27,32)/t7-,8-,9-,10-,11-,12+,13+,14+,15+,16-,17-,18-,19-,20-,21-,22+,23-,24+,25+,26+/m1/s1. The van der Waals surface area contributed by atoms with Gasteiger partial charge in [0.2, 0.25) is 5.91 Å². The molecule has 14 N–H and O–H groups in total. The van der Waals surface area contributed by atoms with Gasteiger partial charge in [-0.1, -0.05) is 0 Å². The van der Waals surface area contributed by atoms with Crippen LogP contribution in [0.4, 0.5) is 0 Å². The molecule has 0 saturated carbocycles. The molecule has 0 aromatic carbocycles. The van der Waals surface area contributed by atoms with E-state index in [-0.39, 0.29) is 0 Å². The van der Waals surface area contributed by atoms with Crippen molar-refractivity contribution in [2.24, 2.45) is 0 Å². The molecule has 22 nitrogen and oxygen atoms in total. The van der Waals surface area contributed by atoms with E-state index >= 15 is 0 Å². The van der Waals surface area contributed by atoms with Gasteiger partial charge in [-0.25, -0.2) is 0 Å². The predicted octanol–water partition coefficient (Wildman–Crippen LogP) is -9.61. The summed E-state index contributed by atoms with van der Waals surface area (Å²) in [6.45, 7) is -2.41. The summed E-state index contributed by atoms with van der Waals surface area (Å²) in [6.07, 6.45) is -33.8. The second-order valence-electron chi connectivity index (χ2n) is 11.9. The largest absolute Gasteiger partial charge is 0.394 e. The zero-order chi connectivity index (χ0) is 35.6. The first-order valence-corrected chi connectivity index (χ1v) is 15.1. The number of aliphatic hydroxyl groups excluding tert-OH is 13. The van der Waals surface area contributed by atoms with Gasteiger partial charge in [0.15, 0.2) is 25.2 Å². The zero-order valence-electron chi connectivity index (χ0n) is 25.5. The Morgan fingerprint density at radius 2 is 0.958 bits per heavy atom. The zero-order valence-corrected chi connectivity index (χ0v) is 25.5. The second-order valence-corrected chi connectivity index (χ2v) is 11.9. The van der Waals surface area contributed by atoms with Gasteiger partial charge in [0.1, 0.15) is 97.6 Å². The third-order valence-electron chi connectivity index (χ3n) is 8.61. The highest BCUT2D eigenvalue weighted by atomic mass is 16.8. The molecule has 0 aromatic rings. The summed E-state index contributed by atoms with van der Waals surface area (Å²) in [5, 5.41) is 136. The smallest absolute Gasteiger partial charge is 0.217 e. The molecular weight excluding hydrogens is 662 g/mol. The SMILES string of the molecule is CC(=O)N[C@H]1[C@H](O[C@H]2[C@@H](O)[C@@H](CO)O[C@@H](O[C@H]3[C@H](O)[C@@H](O)[C@H](O)O[C@@H]3CO)[C@@H]2O)O[C@H](CO)[C@H](O)[C@@H]1O[C@@H]1O[C@H](CO)[C@H](O)[C@H](O)[C@H]1O. The Morgan fingerprint density at radius 1 is 0.500 bits per heavy atom. The fraction of sp³-hybridized carbons (Fsp3) is 0.962. The minimum absolute atomic E-state index is 0.765. The molecule has 0 unspecified atom stereocenters. The van der Waals surface area contributed by atoms with Crippen LogP contribution in [-0.2, 0) is 38.0 Å². The highest BCUT2D eigenvalue weighted by molar-refractivity contribution is 5.73. The molecule has 4 fully saturated rings. The molecule has 0 aromatic heterocycles. The van der Waals surface area contributed by atoms with Crippen molar-refractivity contribution in [1.29, 1.82) is 0 Å². The van der Waals surface area contributed by atoms with Gasteiger partial charge in [-0.15, -0.1) is 0 Å². The molecule has 1 amide bonds. The number of nitrogens with one attached hydrogen (secondary N) is 1. The maximum Gasteiger partial charge on any atom is 0.217 e. The lowest BCUT2D eigenvalue weighted by Crippen LogP contribution is -2.70. The Labute approximate surface area is 272 Å². The van der Waals surface area contributed by atoms with E-state index in [4.69, 9.17) is 33.2 Å². The van der Waals surface area contributed by atoms with Gasteiger partial charge in [-0.05, 0) is 0 Å². The molecule has 4 heterocycles. The van der Waals surface area contributed by atoms with E-state index in [9.17, 15) is 71.2 Å². The molecular formula is C26H45NO21. The average molecular weight is 708 g/mol. The number of hydrogen-bond acceptors (Lipinski definition) is 21. The summed E-state index contributed by atoms with van der Waals surface area (Å²) >= 11 is 0. The first-order valence-electron chi connectivity index (χ1n) is 15.1. The first kappa shape index (κ1) is 39.5. The van der Waals surface area contributed by atoms with Crippen molar-refractivity contribution in [2.45, 2.75) is 130 Å². The van der Waals surface area contributed by atoms with Crippen LogP contribution in [0.3, 0.4) is 0 Å². The molecule has 4 rings (SSSR count). The quantitative estimate of drug-likeness (QED) is 0.0947. The number of ether oxygens (including phenoxy) is 7. The lowest BCUT2D eigenvalue weighted by Gasteiger charge is -2.50. The Morgan fingerprint density at radius 3 is 1.50 bits per heavy atom. The van der Waals surface area contributed by atoms with E-state index in [1.807, 2.05) is 0 Å². The molecule has 22 heteroatoms. The fourth-order valence-corrected chi connectivity index (χ4v) is 5.94. The van der Waals surface area contributed by atoms with Crippen molar-refractivity contribution in [2.75, 3.05) is 26.4 Å². The summed E-state index contributed by atoms with van der Waals surface area (Å²) in [5.41, 5.74) is 0. The number of amides is 1. The number of rotatable bonds is 11. The highest BCUT2D eigenvalue weighted by Crippen LogP contribution is 2.34. The van der Waals surface area contributed by atoms with Crippen molar-refractivity contribution < 1.29 is 104 Å². The third kappa shape index (κ3) is 8.08. The molecule has 20 atom stereocenters. The van der Waals surface area contributed by atoms with E-state index in [1.54, 1.807) is 0 Å². The average Bonchev–Trinajstić information content (AvgIpc) is 3.06. The molecule has 280 valence electrons. The van der Waals surface area contributed by atoms with Gasteiger partial charge in [0.25, 0.3) is 0 Å². The van der Waals surface area contributed by atoms with Crippen molar-refractivity contribution in [3.63, 3.8) is 0 Å². The molecule has 0 spiro atoms. The van der Waals surface area contributed by atoms with Crippen molar-refractivity contribution in [3.8, 4) is 0 Å². The van der Waals surface area contributed by atoms with Crippen LogP contribution in [0.5, 0.6) is 0 Å². The van der Waals surface area contributed by atoms with Gasteiger partial charge in [-0.2, -0.15) is 0 Å². The Balaban J connectivity index is 1.61. The number of carbonyl (C=O) groups excluding carboxylic acids is 1. The number of carbonyl (C=O) groups is 1.